The smallest absolute Gasteiger partial charge is 0.168 e. The molecular formula is C13H8N2O. The van der Waals surface area contributed by atoms with E-state index in [1.165, 1.54) is 0 Å². The molecule has 3 nitrogen and oxygen atoms in total. The molecule has 76 valence electrons. The van der Waals surface area contributed by atoms with Crippen LogP contribution in [0.3, 0.4) is 0 Å². The fourth-order valence-electron chi connectivity index (χ4n) is 1.38. The van der Waals surface area contributed by atoms with Crippen molar-refractivity contribution in [3.8, 4) is 17.2 Å². The molecular weight excluding hydrogens is 200 g/mol. The number of rotatable bonds is 2. The van der Waals surface area contributed by atoms with Crippen molar-refractivity contribution in [2.24, 2.45) is 0 Å². The zero-order chi connectivity index (χ0) is 11.4. The van der Waals surface area contributed by atoms with Gasteiger partial charge in [-0.1, -0.05) is 18.2 Å². The van der Waals surface area contributed by atoms with Crippen molar-refractivity contribution in [1.82, 2.24) is 4.98 Å². The topological polar surface area (TPSA) is 53.8 Å². The van der Waals surface area contributed by atoms with Crippen molar-refractivity contribution in [1.29, 1.82) is 5.26 Å². The Bertz CT molecular complexity index is 536. The Kier molecular flexibility index (Phi) is 2.75. The van der Waals surface area contributed by atoms with Gasteiger partial charge in [-0.15, -0.1) is 0 Å². The molecule has 2 aromatic rings. The summed E-state index contributed by atoms with van der Waals surface area (Å²) < 4.78 is 0. The first-order valence-corrected chi connectivity index (χ1v) is 4.75. The summed E-state index contributed by atoms with van der Waals surface area (Å²) >= 11 is 0. The number of nitriles is 1. The number of benzene rings is 1. The molecule has 1 heterocycles. The molecule has 0 radical (unpaired) electrons. The third-order valence-electron chi connectivity index (χ3n) is 2.25. The Morgan fingerprint density at radius 1 is 1.06 bits per heavy atom. The van der Waals surface area contributed by atoms with E-state index in [0.29, 0.717) is 17.5 Å². The van der Waals surface area contributed by atoms with Crippen LogP contribution < -0.4 is 0 Å². The Balaban J connectivity index is 2.35. The van der Waals surface area contributed by atoms with Crippen LogP contribution in [0.25, 0.3) is 11.1 Å². The van der Waals surface area contributed by atoms with Crippen LogP contribution in [-0.2, 0) is 0 Å². The second-order valence-corrected chi connectivity index (χ2v) is 3.28. The lowest BCUT2D eigenvalue weighted by molar-refractivity contribution is 0.111. The van der Waals surface area contributed by atoms with Gasteiger partial charge in [0.15, 0.2) is 6.29 Å². The van der Waals surface area contributed by atoms with Gasteiger partial charge in [0.1, 0.15) is 5.69 Å². The summed E-state index contributed by atoms with van der Waals surface area (Å²) in [6.45, 7) is 0. The summed E-state index contributed by atoms with van der Waals surface area (Å²) in [5, 5.41) is 8.67. The number of hydrogen-bond donors (Lipinski definition) is 0. The molecule has 1 aromatic heterocycles. The minimum atomic E-state index is 0.414. The fourth-order valence-corrected chi connectivity index (χ4v) is 1.38. The van der Waals surface area contributed by atoms with Crippen LogP contribution in [0.5, 0.6) is 0 Å². The van der Waals surface area contributed by atoms with E-state index in [4.69, 9.17) is 5.26 Å². The van der Waals surface area contributed by atoms with Crippen LogP contribution in [0.1, 0.15) is 16.1 Å². The Hall–Kier alpha value is -2.47. The lowest BCUT2D eigenvalue weighted by Crippen LogP contribution is -1.86. The minimum absolute atomic E-state index is 0.414. The average molecular weight is 208 g/mol. The summed E-state index contributed by atoms with van der Waals surface area (Å²) in [7, 11) is 0. The van der Waals surface area contributed by atoms with E-state index in [1.54, 1.807) is 24.4 Å². The Morgan fingerprint density at radius 2 is 1.75 bits per heavy atom. The van der Waals surface area contributed by atoms with E-state index in [9.17, 15) is 4.79 Å². The molecule has 0 saturated carbocycles. The molecule has 1 aromatic carbocycles. The maximum absolute atomic E-state index is 10.4. The van der Waals surface area contributed by atoms with Crippen LogP contribution in [0.15, 0.2) is 42.6 Å². The molecule has 0 saturated heterocycles. The van der Waals surface area contributed by atoms with Crippen LogP contribution in [0.2, 0.25) is 0 Å². The van der Waals surface area contributed by atoms with Crippen LogP contribution in [0, 0.1) is 11.3 Å². The zero-order valence-corrected chi connectivity index (χ0v) is 8.42. The Labute approximate surface area is 93.0 Å². The van der Waals surface area contributed by atoms with Crippen molar-refractivity contribution in [2.45, 2.75) is 0 Å². The van der Waals surface area contributed by atoms with Crippen molar-refractivity contribution in [3.63, 3.8) is 0 Å². The second kappa shape index (κ2) is 4.37. The highest BCUT2D eigenvalue weighted by Gasteiger charge is 1.98. The van der Waals surface area contributed by atoms with E-state index in [-0.39, 0.29) is 0 Å². The molecule has 3 heteroatoms. The molecule has 0 bridgehead atoms. The summed E-state index contributed by atoms with van der Waals surface area (Å²) in [5.74, 6) is 0. The maximum atomic E-state index is 10.4. The van der Waals surface area contributed by atoms with Gasteiger partial charge in [0.25, 0.3) is 0 Å². The monoisotopic (exact) mass is 208 g/mol. The second-order valence-electron chi connectivity index (χ2n) is 3.28. The van der Waals surface area contributed by atoms with E-state index in [0.717, 1.165) is 11.1 Å². The fraction of sp³-hybridized carbons (Fsp3) is 0. The number of aromatic nitrogens is 1. The van der Waals surface area contributed by atoms with Crippen molar-refractivity contribution >= 4 is 6.29 Å². The number of nitrogens with zero attached hydrogens (tertiary/aromatic N) is 2. The highest BCUT2D eigenvalue weighted by Crippen LogP contribution is 2.18. The molecule has 0 spiro atoms. The lowest BCUT2D eigenvalue weighted by atomic mass is 10.1. The minimum Gasteiger partial charge on any atom is -0.296 e. The number of pyridine rings is 1. The van der Waals surface area contributed by atoms with Gasteiger partial charge >= 0.3 is 0 Å². The third-order valence-corrected chi connectivity index (χ3v) is 2.25. The van der Waals surface area contributed by atoms with Crippen molar-refractivity contribution < 1.29 is 4.79 Å². The summed E-state index contributed by atoms with van der Waals surface area (Å²) in [4.78, 5) is 14.4. The van der Waals surface area contributed by atoms with Gasteiger partial charge < -0.3 is 0 Å². The van der Waals surface area contributed by atoms with E-state index in [1.807, 2.05) is 18.2 Å². The molecule has 0 aliphatic rings. The van der Waals surface area contributed by atoms with E-state index in [2.05, 4.69) is 11.1 Å². The molecule has 0 aliphatic carbocycles. The number of carbonyl (C=O) groups is 1. The van der Waals surface area contributed by atoms with Crippen LogP contribution >= 0.6 is 0 Å². The largest absolute Gasteiger partial charge is 0.296 e. The standard InChI is InChI=1S/C13H8N2O/c14-7-10-1-3-11(4-2-10)12-5-6-13(9-16)15-8-12/h1-6,8-9H. The van der Waals surface area contributed by atoms with Crippen LogP contribution in [-0.4, -0.2) is 11.3 Å². The normalized spacial score (nSPS) is 9.44. The van der Waals surface area contributed by atoms with E-state index < -0.39 is 0 Å². The molecule has 0 amide bonds. The molecule has 16 heavy (non-hydrogen) atoms. The zero-order valence-electron chi connectivity index (χ0n) is 8.42. The first-order chi connectivity index (χ1) is 7.83. The average Bonchev–Trinajstić information content (AvgIpc) is 2.39. The number of aldehydes is 1. The van der Waals surface area contributed by atoms with Crippen molar-refractivity contribution in [2.75, 3.05) is 0 Å². The molecule has 0 N–H and O–H groups in total. The predicted molar refractivity (Wildman–Crippen MR) is 59.8 cm³/mol. The first-order valence-electron chi connectivity index (χ1n) is 4.75. The predicted octanol–water partition coefficient (Wildman–Crippen LogP) is 2.43. The molecule has 0 atom stereocenters. The van der Waals surface area contributed by atoms with Gasteiger partial charge in [-0.25, -0.2) is 0 Å². The van der Waals surface area contributed by atoms with E-state index >= 15 is 0 Å². The summed E-state index contributed by atoms with van der Waals surface area (Å²) in [6.07, 6.45) is 2.35. The lowest BCUT2D eigenvalue weighted by Gasteiger charge is -2.00. The van der Waals surface area contributed by atoms with Gasteiger partial charge in [-0.2, -0.15) is 5.26 Å². The van der Waals surface area contributed by atoms with Gasteiger partial charge in [0, 0.05) is 11.8 Å². The maximum Gasteiger partial charge on any atom is 0.168 e. The van der Waals surface area contributed by atoms with Gasteiger partial charge in [0.2, 0.25) is 0 Å². The third kappa shape index (κ3) is 1.96. The quantitative estimate of drug-likeness (QED) is 0.712. The summed E-state index contributed by atoms with van der Waals surface area (Å²) in [5.41, 5.74) is 2.94. The summed E-state index contributed by atoms with van der Waals surface area (Å²) in [6, 6.07) is 12.8. The van der Waals surface area contributed by atoms with Gasteiger partial charge in [-0.3, -0.25) is 9.78 Å². The molecule has 0 unspecified atom stereocenters. The molecule has 0 fully saturated rings. The van der Waals surface area contributed by atoms with Gasteiger partial charge in [-0.05, 0) is 23.8 Å². The number of carbonyl (C=O) groups excluding carboxylic acids is 1. The highest BCUT2D eigenvalue weighted by atomic mass is 16.1. The first kappa shape index (κ1) is 10.1. The Morgan fingerprint density at radius 3 is 2.25 bits per heavy atom. The number of hydrogen-bond acceptors (Lipinski definition) is 3. The molecule has 0 aliphatic heterocycles. The van der Waals surface area contributed by atoms with Gasteiger partial charge in [0.05, 0.1) is 11.6 Å². The molecule has 2 rings (SSSR count). The SMILES string of the molecule is N#Cc1ccc(-c2ccc(C=O)nc2)cc1. The van der Waals surface area contributed by atoms with Crippen molar-refractivity contribution in [3.05, 3.63) is 53.9 Å². The van der Waals surface area contributed by atoms with Crippen LogP contribution in [0.4, 0.5) is 0 Å². The highest BCUT2D eigenvalue weighted by molar-refractivity contribution is 5.73.